The van der Waals surface area contributed by atoms with Crippen molar-refractivity contribution < 1.29 is 19.1 Å². The number of hydrogen-bond acceptors (Lipinski definition) is 4. The molecule has 1 aromatic carbocycles. The smallest absolute Gasteiger partial charge is 0.326 e. The molecule has 1 aliphatic heterocycles. The van der Waals surface area contributed by atoms with Gasteiger partial charge >= 0.3 is 5.97 Å². The lowest BCUT2D eigenvalue weighted by atomic mass is 10.1. The number of esters is 1. The maximum Gasteiger partial charge on any atom is 0.326 e. The van der Waals surface area contributed by atoms with E-state index in [1.165, 1.54) is 0 Å². The van der Waals surface area contributed by atoms with Gasteiger partial charge in [0.15, 0.2) is 0 Å². The van der Waals surface area contributed by atoms with Crippen LogP contribution in [0.2, 0.25) is 0 Å². The molecule has 6 nitrogen and oxygen atoms in total. The number of hydrogen-bond donors (Lipinski definition) is 1. The van der Waals surface area contributed by atoms with Gasteiger partial charge in [-0.2, -0.15) is 0 Å². The average molecular weight is 360 g/mol. The summed E-state index contributed by atoms with van der Waals surface area (Å²) in [5, 5.41) is 2.56. The molecule has 1 aliphatic rings. The number of amides is 2. The number of carbonyl (C=O) groups is 3. The maximum atomic E-state index is 12.8. The van der Waals surface area contributed by atoms with E-state index in [9.17, 15) is 14.4 Å². The van der Waals surface area contributed by atoms with Crippen LogP contribution >= 0.6 is 0 Å². The van der Waals surface area contributed by atoms with Crippen LogP contribution in [0.4, 0.5) is 0 Å². The van der Waals surface area contributed by atoms with Gasteiger partial charge in [-0.25, -0.2) is 0 Å². The lowest BCUT2D eigenvalue weighted by Gasteiger charge is -2.23. The van der Waals surface area contributed by atoms with Crippen LogP contribution in [0.15, 0.2) is 30.3 Å². The van der Waals surface area contributed by atoms with E-state index in [2.05, 4.69) is 5.32 Å². The van der Waals surface area contributed by atoms with Crippen molar-refractivity contribution in [2.24, 2.45) is 5.92 Å². The summed E-state index contributed by atoms with van der Waals surface area (Å²) < 4.78 is 5.44. The maximum absolute atomic E-state index is 12.8. The first-order chi connectivity index (χ1) is 12.5. The molecule has 0 aromatic heterocycles. The van der Waals surface area contributed by atoms with E-state index in [1.807, 2.05) is 19.9 Å². The van der Waals surface area contributed by atoms with Crippen molar-refractivity contribution in [1.82, 2.24) is 10.2 Å². The predicted molar refractivity (Wildman–Crippen MR) is 98.2 cm³/mol. The molecule has 142 valence electrons. The molecule has 1 heterocycles. The first-order valence-electron chi connectivity index (χ1n) is 9.27. The lowest BCUT2D eigenvalue weighted by Crippen LogP contribution is -2.37. The predicted octanol–water partition coefficient (Wildman–Crippen LogP) is 2.45. The van der Waals surface area contributed by atoms with Gasteiger partial charge in [0.2, 0.25) is 12.0 Å². The number of nitrogens with one attached hydrogen (secondary N) is 1. The van der Waals surface area contributed by atoms with Crippen LogP contribution in [0.5, 0.6) is 0 Å². The minimum atomic E-state index is -0.964. The van der Waals surface area contributed by atoms with Gasteiger partial charge in [-0.1, -0.05) is 44.2 Å². The van der Waals surface area contributed by atoms with E-state index in [0.717, 1.165) is 19.3 Å². The van der Waals surface area contributed by atoms with Crippen LogP contribution < -0.4 is 5.32 Å². The Morgan fingerprint density at radius 2 is 1.77 bits per heavy atom. The van der Waals surface area contributed by atoms with Crippen molar-refractivity contribution in [2.75, 3.05) is 19.6 Å². The molecule has 1 atom stereocenters. The summed E-state index contributed by atoms with van der Waals surface area (Å²) >= 11 is 0. The molecular formula is C20H28N2O4. The fourth-order valence-electron chi connectivity index (χ4n) is 2.84. The van der Waals surface area contributed by atoms with Crippen molar-refractivity contribution >= 4 is 17.8 Å². The Morgan fingerprint density at radius 3 is 2.38 bits per heavy atom. The van der Waals surface area contributed by atoms with Crippen LogP contribution in [0.1, 0.15) is 51.2 Å². The van der Waals surface area contributed by atoms with Gasteiger partial charge in [-0.3, -0.25) is 14.4 Å². The number of benzene rings is 1. The second-order valence-corrected chi connectivity index (χ2v) is 7.02. The molecule has 1 N–H and O–H groups in total. The number of nitrogens with zero attached hydrogens (tertiary/aromatic N) is 1. The number of rotatable bonds is 8. The number of carbonyl (C=O) groups excluding carboxylic acids is 3. The molecule has 0 aliphatic carbocycles. The van der Waals surface area contributed by atoms with Crippen LogP contribution in [0.3, 0.4) is 0 Å². The molecule has 0 bridgehead atoms. The zero-order valence-corrected chi connectivity index (χ0v) is 15.6. The highest BCUT2D eigenvalue weighted by molar-refractivity contribution is 5.87. The minimum Gasteiger partial charge on any atom is -0.446 e. The molecule has 26 heavy (non-hydrogen) atoms. The third-order valence-electron chi connectivity index (χ3n) is 4.37. The number of likely N-dealkylation sites (tertiary alicyclic amines) is 1. The SMILES string of the molecule is CC(C)CCC(=O)NCC(=O)OC(C(=O)N1CCCC1)c1ccccc1. The molecule has 1 unspecified atom stereocenters. The second kappa shape index (κ2) is 9.94. The Balaban J connectivity index is 1.94. The third kappa shape index (κ3) is 6.17. The quantitative estimate of drug-likeness (QED) is 0.723. The monoisotopic (exact) mass is 360 g/mol. The van der Waals surface area contributed by atoms with Crippen LogP contribution in [0.25, 0.3) is 0 Å². The molecule has 1 fully saturated rings. The largest absolute Gasteiger partial charge is 0.446 e. The molecule has 6 heteroatoms. The summed E-state index contributed by atoms with van der Waals surface area (Å²) in [6, 6.07) is 9.00. The Kier molecular flexibility index (Phi) is 7.63. The van der Waals surface area contributed by atoms with Crippen molar-refractivity contribution in [2.45, 2.75) is 45.6 Å². The average Bonchev–Trinajstić information content (AvgIpc) is 3.17. The molecule has 2 amide bonds. The van der Waals surface area contributed by atoms with E-state index in [0.29, 0.717) is 31.0 Å². The highest BCUT2D eigenvalue weighted by atomic mass is 16.5. The highest BCUT2D eigenvalue weighted by Gasteiger charge is 2.30. The Hall–Kier alpha value is -2.37. The summed E-state index contributed by atoms with van der Waals surface area (Å²) in [4.78, 5) is 38.4. The first kappa shape index (κ1) is 19.9. The van der Waals surface area contributed by atoms with Crippen molar-refractivity contribution in [3.8, 4) is 0 Å². The van der Waals surface area contributed by atoms with Crippen LogP contribution in [-0.2, 0) is 19.1 Å². The van der Waals surface area contributed by atoms with Gasteiger partial charge in [0, 0.05) is 25.1 Å². The molecule has 0 saturated carbocycles. The van der Waals surface area contributed by atoms with E-state index >= 15 is 0 Å². The zero-order valence-electron chi connectivity index (χ0n) is 15.6. The molecular weight excluding hydrogens is 332 g/mol. The zero-order chi connectivity index (χ0) is 18.9. The highest BCUT2D eigenvalue weighted by Crippen LogP contribution is 2.22. The first-order valence-corrected chi connectivity index (χ1v) is 9.27. The fraction of sp³-hybridized carbons (Fsp3) is 0.550. The third-order valence-corrected chi connectivity index (χ3v) is 4.37. The molecule has 1 aromatic rings. The van der Waals surface area contributed by atoms with Crippen molar-refractivity contribution in [3.63, 3.8) is 0 Å². The van der Waals surface area contributed by atoms with Gasteiger partial charge in [0.05, 0.1) is 0 Å². The van der Waals surface area contributed by atoms with Gasteiger partial charge in [-0.05, 0) is 25.2 Å². The summed E-state index contributed by atoms with van der Waals surface area (Å²) in [7, 11) is 0. The van der Waals surface area contributed by atoms with Gasteiger partial charge < -0.3 is 15.0 Å². The van der Waals surface area contributed by atoms with E-state index in [1.54, 1.807) is 29.2 Å². The number of ether oxygens (including phenoxy) is 1. The van der Waals surface area contributed by atoms with Gasteiger partial charge in [-0.15, -0.1) is 0 Å². The van der Waals surface area contributed by atoms with Crippen molar-refractivity contribution in [1.29, 1.82) is 0 Å². The second-order valence-electron chi connectivity index (χ2n) is 7.02. The minimum absolute atomic E-state index is 0.183. The Morgan fingerprint density at radius 1 is 1.12 bits per heavy atom. The summed E-state index contributed by atoms with van der Waals surface area (Å²) in [6.07, 6.45) is 2.11. The van der Waals surface area contributed by atoms with Crippen molar-refractivity contribution in [3.05, 3.63) is 35.9 Å². The van der Waals surface area contributed by atoms with E-state index in [4.69, 9.17) is 4.74 Å². The summed E-state index contributed by atoms with van der Waals surface area (Å²) in [5.74, 6) is -0.566. The lowest BCUT2D eigenvalue weighted by molar-refractivity contribution is -0.160. The van der Waals surface area contributed by atoms with Gasteiger partial charge in [0.25, 0.3) is 5.91 Å². The van der Waals surface area contributed by atoms with Crippen LogP contribution in [0, 0.1) is 5.92 Å². The topological polar surface area (TPSA) is 75.7 Å². The molecule has 1 saturated heterocycles. The Labute approximate surface area is 154 Å². The standard InChI is InChI=1S/C20H28N2O4/c1-15(2)10-11-17(23)21-14-18(24)26-19(16-8-4-3-5-9-16)20(25)22-12-6-7-13-22/h3-5,8-9,15,19H,6-7,10-14H2,1-2H3,(H,21,23). The van der Waals surface area contributed by atoms with Crippen LogP contribution in [-0.4, -0.2) is 42.3 Å². The summed E-state index contributed by atoms with van der Waals surface area (Å²) in [5.41, 5.74) is 0.642. The molecule has 0 spiro atoms. The Bertz CT molecular complexity index is 609. The molecule has 2 rings (SSSR count). The summed E-state index contributed by atoms with van der Waals surface area (Å²) in [6.45, 7) is 5.22. The van der Waals surface area contributed by atoms with Gasteiger partial charge in [0.1, 0.15) is 6.54 Å². The molecule has 0 radical (unpaired) electrons. The van der Waals surface area contributed by atoms with E-state index < -0.39 is 12.1 Å². The fourth-order valence-corrected chi connectivity index (χ4v) is 2.84. The normalized spacial score (nSPS) is 15.0. The van der Waals surface area contributed by atoms with E-state index in [-0.39, 0.29) is 18.4 Å².